The lowest BCUT2D eigenvalue weighted by Gasteiger charge is -2.06. The quantitative estimate of drug-likeness (QED) is 0.484. The molecule has 0 radical (unpaired) electrons. The number of fused-ring (bicyclic) bond motifs is 1. The van der Waals surface area contributed by atoms with Gasteiger partial charge in [0.15, 0.2) is 0 Å². The summed E-state index contributed by atoms with van der Waals surface area (Å²) in [6.07, 6.45) is 0. The van der Waals surface area contributed by atoms with Crippen molar-refractivity contribution in [3.05, 3.63) is 84.1 Å². The summed E-state index contributed by atoms with van der Waals surface area (Å²) in [5.41, 5.74) is 3.20. The van der Waals surface area contributed by atoms with Crippen LogP contribution in [0.5, 0.6) is 17.2 Å². The Morgan fingerprint density at radius 1 is 0.893 bits per heavy atom. The zero-order valence-corrected chi connectivity index (χ0v) is 15.7. The van der Waals surface area contributed by atoms with Gasteiger partial charge in [-0.2, -0.15) is 0 Å². The van der Waals surface area contributed by atoms with Crippen molar-refractivity contribution in [3.63, 3.8) is 0 Å². The molecule has 1 aromatic heterocycles. The van der Waals surface area contributed by atoms with E-state index in [9.17, 15) is 4.79 Å². The van der Waals surface area contributed by atoms with Gasteiger partial charge < -0.3 is 19.8 Å². The van der Waals surface area contributed by atoms with Crippen LogP contribution in [0, 0.1) is 6.92 Å². The van der Waals surface area contributed by atoms with Gasteiger partial charge in [0, 0.05) is 16.6 Å². The van der Waals surface area contributed by atoms with E-state index in [1.165, 1.54) is 0 Å². The van der Waals surface area contributed by atoms with E-state index in [-0.39, 0.29) is 5.91 Å². The highest BCUT2D eigenvalue weighted by molar-refractivity contribution is 6.06. The Balaban J connectivity index is 1.52. The number of hydrogen-bond acceptors (Lipinski definition) is 3. The average molecular weight is 372 g/mol. The van der Waals surface area contributed by atoms with Gasteiger partial charge in [-0.15, -0.1) is 0 Å². The summed E-state index contributed by atoms with van der Waals surface area (Å²) in [7, 11) is 1.61. The number of benzene rings is 3. The van der Waals surface area contributed by atoms with Crippen molar-refractivity contribution in [2.75, 3.05) is 12.4 Å². The minimum absolute atomic E-state index is 0.206. The highest BCUT2D eigenvalue weighted by Crippen LogP contribution is 2.27. The molecular formula is C23H20N2O3. The number of hydrogen-bond donors (Lipinski definition) is 2. The number of rotatable bonds is 5. The second-order valence-corrected chi connectivity index (χ2v) is 6.53. The molecule has 5 nitrogen and oxygen atoms in total. The van der Waals surface area contributed by atoms with Crippen LogP contribution in [0.2, 0.25) is 0 Å². The number of carbonyl (C=O) groups excluding carboxylic acids is 1. The van der Waals surface area contributed by atoms with E-state index < -0.39 is 0 Å². The first-order chi connectivity index (χ1) is 13.6. The first kappa shape index (κ1) is 17.7. The predicted molar refractivity (Wildman–Crippen MR) is 110 cm³/mol. The first-order valence-corrected chi connectivity index (χ1v) is 8.93. The molecule has 0 atom stereocenters. The Morgan fingerprint density at radius 2 is 1.64 bits per heavy atom. The Bertz CT molecular complexity index is 1130. The van der Waals surface area contributed by atoms with Crippen molar-refractivity contribution >= 4 is 22.5 Å². The van der Waals surface area contributed by atoms with Crippen LogP contribution < -0.4 is 14.8 Å². The number of methoxy groups -OCH3 is 1. The normalized spacial score (nSPS) is 10.6. The van der Waals surface area contributed by atoms with Gasteiger partial charge >= 0.3 is 0 Å². The van der Waals surface area contributed by atoms with E-state index in [0.29, 0.717) is 11.4 Å². The third kappa shape index (κ3) is 3.83. The number of amides is 1. The summed E-state index contributed by atoms with van der Waals surface area (Å²) >= 11 is 0. The molecule has 0 aliphatic rings. The van der Waals surface area contributed by atoms with Crippen molar-refractivity contribution in [1.82, 2.24) is 4.98 Å². The molecule has 1 heterocycles. The molecule has 0 spiro atoms. The standard InChI is InChI=1S/C23H20N2O3/c1-15-4-3-5-19(12-15)28-20-10-11-21-16(13-20)14-22(25-21)23(26)24-17-6-8-18(27-2)9-7-17/h3-14,25H,1-2H3,(H,24,26). The highest BCUT2D eigenvalue weighted by atomic mass is 16.5. The second kappa shape index (κ2) is 7.48. The fourth-order valence-electron chi connectivity index (χ4n) is 2.98. The van der Waals surface area contributed by atoms with Crippen LogP contribution in [0.1, 0.15) is 16.1 Å². The number of carbonyl (C=O) groups is 1. The molecule has 0 saturated carbocycles. The average Bonchev–Trinajstić information content (AvgIpc) is 3.12. The number of nitrogens with one attached hydrogen (secondary N) is 2. The van der Waals surface area contributed by atoms with Crippen molar-refractivity contribution in [2.45, 2.75) is 6.92 Å². The Kier molecular flexibility index (Phi) is 4.72. The summed E-state index contributed by atoms with van der Waals surface area (Å²) < 4.78 is 11.1. The second-order valence-electron chi connectivity index (χ2n) is 6.53. The Labute approximate surface area is 162 Å². The molecule has 2 N–H and O–H groups in total. The van der Waals surface area contributed by atoms with Crippen molar-refractivity contribution in [1.29, 1.82) is 0 Å². The van der Waals surface area contributed by atoms with E-state index >= 15 is 0 Å². The third-order valence-corrected chi connectivity index (χ3v) is 4.41. The Hall–Kier alpha value is -3.73. The summed E-state index contributed by atoms with van der Waals surface area (Å²) in [6.45, 7) is 2.02. The maximum absolute atomic E-state index is 12.5. The van der Waals surface area contributed by atoms with E-state index in [4.69, 9.17) is 9.47 Å². The fourth-order valence-corrected chi connectivity index (χ4v) is 2.98. The minimum Gasteiger partial charge on any atom is -0.497 e. The van der Waals surface area contributed by atoms with Crippen LogP contribution in [0.4, 0.5) is 5.69 Å². The van der Waals surface area contributed by atoms with Gasteiger partial charge in [-0.05, 0) is 73.2 Å². The summed E-state index contributed by atoms with van der Waals surface area (Å²) in [6, 6.07) is 22.6. The van der Waals surface area contributed by atoms with Gasteiger partial charge in [0.2, 0.25) is 0 Å². The molecule has 4 aromatic rings. The van der Waals surface area contributed by atoms with Gasteiger partial charge in [0.05, 0.1) is 7.11 Å². The van der Waals surface area contributed by atoms with Crippen molar-refractivity contribution in [3.8, 4) is 17.2 Å². The van der Waals surface area contributed by atoms with Gasteiger partial charge in [-0.1, -0.05) is 12.1 Å². The Morgan fingerprint density at radius 3 is 2.39 bits per heavy atom. The number of aryl methyl sites for hydroxylation is 1. The molecule has 140 valence electrons. The molecule has 0 aliphatic carbocycles. The van der Waals surface area contributed by atoms with E-state index in [0.717, 1.165) is 33.7 Å². The monoisotopic (exact) mass is 372 g/mol. The number of ether oxygens (including phenoxy) is 2. The minimum atomic E-state index is -0.206. The lowest BCUT2D eigenvalue weighted by Crippen LogP contribution is -2.12. The number of aromatic amines is 1. The molecule has 1 amide bonds. The molecule has 4 rings (SSSR count). The number of aromatic nitrogens is 1. The van der Waals surface area contributed by atoms with Gasteiger partial charge in [0.25, 0.3) is 5.91 Å². The molecule has 0 aliphatic heterocycles. The van der Waals surface area contributed by atoms with Gasteiger partial charge in [-0.25, -0.2) is 0 Å². The van der Waals surface area contributed by atoms with E-state index in [1.54, 1.807) is 31.4 Å². The molecular weight excluding hydrogens is 352 g/mol. The highest BCUT2D eigenvalue weighted by Gasteiger charge is 2.11. The maximum Gasteiger partial charge on any atom is 0.272 e. The SMILES string of the molecule is COc1ccc(NC(=O)c2cc3cc(Oc4cccc(C)c4)ccc3[nH]2)cc1. The van der Waals surface area contributed by atoms with Crippen molar-refractivity contribution in [2.24, 2.45) is 0 Å². The molecule has 0 saturated heterocycles. The third-order valence-electron chi connectivity index (χ3n) is 4.41. The lowest BCUT2D eigenvalue weighted by atomic mass is 10.2. The largest absolute Gasteiger partial charge is 0.497 e. The topological polar surface area (TPSA) is 63.4 Å². The lowest BCUT2D eigenvalue weighted by molar-refractivity contribution is 0.102. The summed E-state index contributed by atoms with van der Waals surface area (Å²) in [4.78, 5) is 15.7. The van der Waals surface area contributed by atoms with Crippen LogP contribution in [0.3, 0.4) is 0 Å². The van der Waals surface area contributed by atoms with Gasteiger partial charge in [-0.3, -0.25) is 4.79 Å². The van der Waals surface area contributed by atoms with E-state index in [1.807, 2.05) is 55.5 Å². The molecule has 0 unspecified atom stereocenters. The summed E-state index contributed by atoms with van der Waals surface area (Å²) in [5.74, 6) is 2.04. The zero-order chi connectivity index (χ0) is 19.5. The zero-order valence-electron chi connectivity index (χ0n) is 15.7. The van der Waals surface area contributed by atoms with Crippen LogP contribution in [-0.2, 0) is 0 Å². The molecule has 5 heteroatoms. The first-order valence-electron chi connectivity index (χ1n) is 8.93. The smallest absolute Gasteiger partial charge is 0.272 e. The summed E-state index contributed by atoms with van der Waals surface area (Å²) in [5, 5.41) is 3.78. The van der Waals surface area contributed by atoms with Crippen LogP contribution in [-0.4, -0.2) is 18.0 Å². The van der Waals surface area contributed by atoms with Crippen LogP contribution in [0.15, 0.2) is 72.8 Å². The molecule has 0 bridgehead atoms. The van der Waals surface area contributed by atoms with Crippen molar-refractivity contribution < 1.29 is 14.3 Å². The number of H-pyrrole nitrogens is 1. The van der Waals surface area contributed by atoms with Crippen LogP contribution >= 0.6 is 0 Å². The van der Waals surface area contributed by atoms with Gasteiger partial charge in [0.1, 0.15) is 22.9 Å². The van der Waals surface area contributed by atoms with E-state index in [2.05, 4.69) is 10.3 Å². The molecule has 3 aromatic carbocycles. The number of anilines is 1. The molecule has 0 fully saturated rings. The molecule has 28 heavy (non-hydrogen) atoms. The fraction of sp³-hybridized carbons (Fsp3) is 0.0870. The predicted octanol–water partition coefficient (Wildman–Crippen LogP) is 5.53. The van der Waals surface area contributed by atoms with Crippen LogP contribution in [0.25, 0.3) is 10.9 Å². The maximum atomic E-state index is 12.5.